The molecule has 2 heterocycles. The third kappa shape index (κ3) is 1.76. The van der Waals surface area contributed by atoms with Gasteiger partial charge < -0.3 is 14.9 Å². The van der Waals surface area contributed by atoms with Crippen LogP contribution in [0.5, 0.6) is 0 Å². The molecule has 7 heteroatoms. The SMILES string of the molecule is CN1C(=O)[C@H]2[C@H](N=CN2CCCO)N(C)C1=O. The molecule has 2 rings (SSSR count). The molecule has 0 spiro atoms. The molecule has 0 aromatic heterocycles. The Labute approximate surface area is 99.3 Å². The van der Waals surface area contributed by atoms with Crippen molar-refractivity contribution >= 4 is 18.3 Å². The Morgan fingerprint density at radius 1 is 1.41 bits per heavy atom. The van der Waals surface area contributed by atoms with E-state index in [1.807, 2.05) is 0 Å². The van der Waals surface area contributed by atoms with Crippen LogP contribution in [0, 0.1) is 0 Å². The van der Waals surface area contributed by atoms with Crippen molar-refractivity contribution in [1.29, 1.82) is 0 Å². The number of aliphatic hydroxyl groups is 1. The summed E-state index contributed by atoms with van der Waals surface area (Å²) in [6.07, 6.45) is 1.72. The first kappa shape index (κ1) is 11.8. The van der Waals surface area contributed by atoms with E-state index in [2.05, 4.69) is 4.99 Å². The summed E-state index contributed by atoms with van der Waals surface area (Å²) in [5.41, 5.74) is 0. The summed E-state index contributed by atoms with van der Waals surface area (Å²) in [5, 5.41) is 8.80. The second-order valence-corrected chi connectivity index (χ2v) is 4.23. The predicted octanol–water partition coefficient (Wildman–Crippen LogP) is -1.07. The van der Waals surface area contributed by atoms with Gasteiger partial charge in [0.15, 0.2) is 12.2 Å². The molecule has 1 fully saturated rings. The van der Waals surface area contributed by atoms with Crippen LogP contribution in [0.3, 0.4) is 0 Å². The molecule has 1 saturated heterocycles. The molecule has 2 atom stereocenters. The van der Waals surface area contributed by atoms with Crippen molar-refractivity contribution in [3.8, 4) is 0 Å². The van der Waals surface area contributed by atoms with Gasteiger partial charge in [-0.05, 0) is 6.42 Å². The summed E-state index contributed by atoms with van der Waals surface area (Å²) in [4.78, 5) is 32.3. The molecule has 17 heavy (non-hydrogen) atoms. The van der Waals surface area contributed by atoms with Crippen molar-refractivity contribution in [2.24, 2.45) is 4.99 Å². The van der Waals surface area contributed by atoms with Crippen LogP contribution in [0.1, 0.15) is 6.42 Å². The first-order valence-corrected chi connectivity index (χ1v) is 5.52. The molecule has 1 N–H and O–H groups in total. The third-order valence-corrected chi connectivity index (χ3v) is 3.15. The predicted molar refractivity (Wildman–Crippen MR) is 60.4 cm³/mol. The van der Waals surface area contributed by atoms with Crippen molar-refractivity contribution in [1.82, 2.24) is 14.7 Å². The van der Waals surface area contributed by atoms with E-state index in [4.69, 9.17) is 5.11 Å². The number of amides is 3. The van der Waals surface area contributed by atoms with Crippen molar-refractivity contribution < 1.29 is 14.7 Å². The Morgan fingerprint density at radius 2 is 2.12 bits per heavy atom. The lowest BCUT2D eigenvalue weighted by molar-refractivity contribution is -0.136. The Bertz CT molecular complexity index is 371. The first-order chi connectivity index (χ1) is 8.07. The quantitative estimate of drug-likeness (QED) is 0.681. The summed E-state index contributed by atoms with van der Waals surface area (Å²) >= 11 is 0. The number of carbonyl (C=O) groups excluding carboxylic acids is 2. The minimum atomic E-state index is -0.450. The zero-order valence-electron chi connectivity index (χ0n) is 9.91. The van der Waals surface area contributed by atoms with Crippen molar-refractivity contribution in [2.75, 3.05) is 27.2 Å². The number of imide groups is 1. The summed E-state index contributed by atoms with van der Waals surface area (Å²) in [7, 11) is 3.11. The molecule has 0 bridgehead atoms. The van der Waals surface area contributed by atoms with Crippen LogP contribution >= 0.6 is 0 Å². The molecule has 2 aliphatic heterocycles. The number of fused-ring (bicyclic) bond motifs is 1. The van der Waals surface area contributed by atoms with Gasteiger partial charge in [-0.25, -0.2) is 9.79 Å². The minimum absolute atomic E-state index is 0.0700. The monoisotopic (exact) mass is 240 g/mol. The molecule has 2 aliphatic rings. The van der Waals surface area contributed by atoms with Crippen LogP contribution in [-0.2, 0) is 4.79 Å². The molecule has 94 valence electrons. The van der Waals surface area contributed by atoms with Crippen molar-refractivity contribution in [3.05, 3.63) is 0 Å². The van der Waals surface area contributed by atoms with Gasteiger partial charge in [0.25, 0.3) is 5.91 Å². The van der Waals surface area contributed by atoms with Crippen LogP contribution < -0.4 is 0 Å². The van der Waals surface area contributed by atoms with Gasteiger partial charge in [0.1, 0.15) is 0 Å². The standard InChI is InChI=1S/C10H16N4O3/c1-12-8-7(9(16)13(2)10(12)17)14(6-11-8)4-3-5-15/h6-8,15H,3-5H2,1-2H3/t7-,8-/m1/s1. The molecule has 0 aromatic rings. The van der Waals surface area contributed by atoms with Gasteiger partial charge in [-0.2, -0.15) is 0 Å². The van der Waals surface area contributed by atoms with Crippen LogP contribution in [0.2, 0.25) is 0 Å². The second-order valence-electron chi connectivity index (χ2n) is 4.23. The molecule has 0 radical (unpaired) electrons. The number of carbonyl (C=O) groups is 2. The van der Waals surface area contributed by atoms with Gasteiger partial charge in [0, 0.05) is 27.2 Å². The molecule has 0 aliphatic carbocycles. The van der Waals surface area contributed by atoms with E-state index < -0.39 is 12.2 Å². The molecule has 0 unspecified atom stereocenters. The van der Waals surface area contributed by atoms with Gasteiger partial charge in [0.05, 0.1) is 6.34 Å². The normalized spacial score (nSPS) is 28.1. The molecular formula is C10H16N4O3. The largest absolute Gasteiger partial charge is 0.396 e. The molecular weight excluding hydrogens is 224 g/mol. The van der Waals surface area contributed by atoms with Gasteiger partial charge in [-0.1, -0.05) is 0 Å². The highest BCUT2D eigenvalue weighted by Gasteiger charge is 2.47. The second kappa shape index (κ2) is 4.33. The van der Waals surface area contributed by atoms with E-state index in [-0.39, 0.29) is 18.5 Å². The summed E-state index contributed by atoms with van der Waals surface area (Å²) < 4.78 is 0. The van der Waals surface area contributed by atoms with Gasteiger partial charge in [-0.15, -0.1) is 0 Å². The van der Waals surface area contributed by atoms with Gasteiger partial charge >= 0.3 is 6.03 Å². The lowest BCUT2D eigenvalue weighted by atomic mass is 10.1. The van der Waals surface area contributed by atoms with E-state index in [1.165, 1.54) is 11.9 Å². The van der Waals surface area contributed by atoms with Crippen LogP contribution in [0.15, 0.2) is 4.99 Å². The Kier molecular flexibility index (Phi) is 3.01. The zero-order valence-corrected chi connectivity index (χ0v) is 9.91. The Hall–Kier alpha value is -1.63. The fraction of sp³-hybridized carbons (Fsp3) is 0.700. The number of urea groups is 1. The third-order valence-electron chi connectivity index (χ3n) is 3.15. The molecule has 0 saturated carbocycles. The van der Waals surface area contributed by atoms with Crippen molar-refractivity contribution in [3.63, 3.8) is 0 Å². The van der Waals surface area contributed by atoms with Crippen LogP contribution in [0.25, 0.3) is 0 Å². The number of hydrogen-bond acceptors (Lipinski definition) is 5. The molecule has 3 amide bonds. The topological polar surface area (TPSA) is 76.5 Å². The highest BCUT2D eigenvalue weighted by molar-refractivity contribution is 6.01. The summed E-state index contributed by atoms with van der Waals surface area (Å²) in [5.74, 6) is -0.242. The van der Waals surface area contributed by atoms with Crippen molar-refractivity contribution in [2.45, 2.75) is 18.6 Å². The lowest BCUT2D eigenvalue weighted by Gasteiger charge is -2.39. The maximum atomic E-state index is 12.0. The lowest BCUT2D eigenvalue weighted by Crippen LogP contribution is -2.63. The highest BCUT2D eigenvalue weighted by Crippen LogP contribution is 2.24. The maximum Gasteiger partial charge on any atom is 0.328 e. The van der Waals surface area contributed by atoms with E-state index in [9.17, 15) is 9.59 Å². The summed E-state index contributed by atoms with van der Waals surface area (Å²) in [6.45, 7) is 0.628. The van der Waals surface area contributed by atoms with E-state index in [0.29, 0.717) is 13.0 Å². The first-order valence-electron chi connectivity index (χ1n) is 5.52. The number of aliphatic hydroxyl groups excluding tert-OH is 1. The minimum Gasteiger partial charge on any atom is -0.396 e. The number of rotatable bonds is 3. The van der Waals surface area contributed by atoms with Crippen LogP contribution in [0.4, 0.5) is 4.79 Å². The fourth-order valence-electron chi connectivity index (χ4n) is 2.15. The average molecular weight is 240 g/mol. The van der Waals surface area contributed by atoms with E-state index in [0.717, 1.165) is 4.90 Å². The Morgan fingerprint density at radius 3 is 2.76 bits per heavy atom. The maximum absolute atomic E-state index is 12.0. The highest BCUT2D eigenvalue weighted by atomic mass is 16.3. The van der Waals surface area contributed by atoms with E-state index >= 15 is 0 Å². The zero-order chi connectivity index (χ0) is 12.6. The number of nitrogens with zero attached hydrogens (tertiary/aromatic N) is 4. The smallest absolute Gasteiger partial charge is 0.328 e. The van der Waals surface area contributed by atoms with E-state index in [1.54, 1.807) is 18.3 Å². The van der Waals surface area contributed by atoms with Gasteiger partial charge in [0.2, 0.25) is 0 Å². The fourth-order valence-corrected chi connectivity index (χ4v) is 2.15. The number of hydrogen-bond donors (Lipinski definition) is 1. The summed E-state index contributed by atoms with van der Waals surface area (Å²) in [6, 6.07) is -0.786. The number of aliphatic imine (C=N–C) groups is 1. The Balaban J connectivity index is 2.18. The molecule has 7 nitrogen and oxygen atoms in total. The van der Waals surface area contributed by atoms with Crippen LogP contribution in [-0.4, -0.2) is 77.5 Å². The number of likely N-dealkylation sites (N-methyl/N-ethyl adjacent to an activating group) is 2. The van der Waals surface area contributed by atoms with Gasteiger partial charge in [-0.3, -0.25) is 9.69 Å². The average Bonchev–Trinajstić information content (AvgIpc) is 2.75. The molecule has 0 aromatic carbocycles.